The van der Waals surface area contributed by atoms with E-state index in [4.69, 9.17) is 4.74 Å². The molecular formula is C22H24F3N5O. The standard InChI is InChI=1S/C22H24F3N5O/c1-13-17(4-3-5-19(13)22(23,24)25)14(2)29-21-18-10-16(11-27-20(18)12-28-30-21)31-15-6-8-26-9-7-15/h3-5,10-12,14-15,26H,6-9H2,1-2H3,(H,29,30)/t14-/m1/s1. The van der Waals surface area contributed by atoms with Crippen LogP contribution in [0.1, 0.15) is 42.5 Å². The molecule has 9 heteroatoms. The van der Waals surface area contributed by atoms with E-state index >= 15 is 0 Å². The molecule has 6 nitrogen and oxygen atoms in total. The van der Waals surface area contributed by atoms with E-state index in [0.717, 1.165) is 32.0 Å². The molecule has 3 aromatic rings. The van der Waals surface area contributed by atoms with Gasteiger partial charge in [-0.15, -0.1) is 5.10 Å². The first-order chi connectivity index (χ1) is 14.8. The number of pyridine rings is 1. The number of fused-ring (bicyclic) bond motifs is 1. The molecule has 1 fully saturated rings. The van der Waals surface area contributed by atoms with Gasteiger partial charge in [-0.05, 0) is 63.0 Å². The first-order valence-corrected chi connectivity index (χ1v) is 10.2. The highest BCUT2D eigenvalue weighted by Gasteiger charge is 2.33. The van der Waals surface area contributed by atoms with Crippen molar-refractivity contribution in [3.63, 3.8) is 0 Å². The lowest BCUT2D eigenvalue weighted by molar-refractivity contribution is -0.138. The lowest BCUT2D eigenvalue weighted by Crippen LogP contribution is -2.34. The Hall–Kier alpha value is -2.94. The number of benzene rings is 1. The van der Waals surface area contributed by atoms with Gasteiger partial charge in [-0.2, -0.15) is 18.3 Å². The number of hydrogen-bond acceptors (Lipinski definition) is 6. The third-order valence-electron chi connectivity index (χ3n) is 5.58. The molecule has 4 rings (SSSR count). The minimum atomic E-state index is -4.40. The van der Waals surface area contributed by atoms with E-state index < -0.39 is 17.8 Å². The van der Waals surface area contributed by atoms with Gasteiger partial charge in [0.25, 0.3) is 0 Å². The molecular weight excluding hydrogens is 407 g/mol. The molecule has 3 heterocycles. The summed E-state index contributed by atoms with van der Waals surface area (Å²) in [4.78, 5) is 4.42. The van der Waals surface area contributed by atoms with Crippen LogP contribution in [-0.4, -0.2) is 34.4 Å². The van der Waals surface area contributed by atoms with Gasteiger partial charge in [0.05, 0.1) is 29.5 Å². The maximum absolute atomic E-state index is 13.3. The molecule has 0 unspecified atom stereocenters. The topological polar surface area (TPSA) is 72.0 Å². The lowest BCUT2D eigenvalue weighted by atomic mass is 9.97. The summed E-state index contributed by atoms with van der Waals surface area (Å²) in [6.07, 6.45) is 0.779. The molecule has 0 aliphatic carbocycles. The maximum atomic E-state index is 13.3. The molecule has 31 heavy (non-hydrogen) atoms. The molecule has 0 amide bonds. The fourth-order valence-electron chi connectivity index (χ4n) is 3.93. The number of rotatable bonds is 5. The van der Waals surface area contributed by atoms with Crippen LogP contribution in [0.15, 0.2) is 36.7 Å². The van der Waals surface area contributed by atoms with Crippen molar-refractivity contribution in [2.45, 2.75) is 45.0 Å². The van der Waals surface area contributed by atoms with E-state index in [1.54, 1.807) is 25.4 Å². The quantitative estimate of drug-likeness (QED) is 0.613. The van der Waals surface area contributed by atoms with Crippen LogP contribution in [0.2, 0.25) is 0 Å². The van der Waals surface area contributed by atoms with Crippen LogP contribution in [-0.2, 0) is 6.18 Å². The van der Waals surface area contributed by atoms with Gasteiger partial charge in [-0.1, -0.05) is 12.1 Å². The van der Waals surface area contributed by atoms with Crippen molar-refractivity contribution in [1.82, 2.24) is 20.5 Å². The van der Waals surface area contributed by atoms with Crippen LogP contribution >= 0.6 is 0 Å². The Morgan fingerprint density at radius 1 is 1.19 bits per heavy atom. The number of aromatic nitrogens is 3. The van der Waals surface area contributed by atoms with Crippen molar-refractivity contribution in [3.8, 4) is 5.75 Å². The molecule has 1 aliphatic rings. The Labute approximate surface area is 178 Å². The van der Waals surface area contributed by atoms with E-state index in [-0.39, 0.29) is 11.7 Å². The summed E-state index contributed by atoms with van der Waals surface area (Å²) in [7, 11) is 0. The van der Waals surface area contributed by atoms with Gasteiger partial charge in [0.1, 0.15) is 11.9 Å². The molecule has 1 aliphatic heterocycles. The van der Waals surface area contributed by atoms with Gasteiger partial charge in [-0.25, -0.2) is 0 Å². The second kappa shape index (κ2) is 8.66. The van der Waals surface area contributed by atoms with Crippen molar-refractivity contribution in [2.24, 2.45) is 0 Å². The Bertz CT molecular complexity index is 1070. The summed E-state index contributed by atoms with van der Waals surface area (Å²) in [6.45, 7) is 5.11. The van der Waals surface area contributed by atoms with Gasteiger partial charge in [0.2, 0.25) is 0 Å². The second-order valence-corrected chi connectivity index (χ2v) is 7.75. The van der Waals surface area contributed by atoms with E-state index in [2.05, 4.69) is 25.8 Å². The van der Waals surface area contributed by atoms with Gasteiger partial charge in [0, 0.05) is 5.39 Å². The predicted molar refractivity (Wildman–Crippen MR) is 112 cm³/mol. The van der Waals surface area contributed by atoms with Crippen LogP contribution in [0.3, 0.4) is 0 Å². The zero-order valence-electron chi connectivity index (χ0n) is 17.3. The number of nitrogens with zero attached hydrogens (tertiary/aromatic N) is 3. The normalized spacial score (nSPS) is 16.3. The Morgan fingerprint density at radius 2 is 1.97 bits per heavy atom. The summed E-state index contributed by atoms with van der Waals surface area (Å²) in [6, 6.07) is 5.64. The summed E-state index contributed by atoms with van der Waals surface area (Å²) in [5.74, 6) is 1.09. The van der Waals surface area contributed by atoms with E-state index in [1.165, 1.54) is 13.0 Å². The molecule has 164 valence electrons. The van der Waals surface area contributed by atoms with Crippen molar-refractivity contribution in [3.05, 3.63) is 53.3 Å². The summed E-state index contributed by atoms with van der Waals surface area (Å²) in [5, 5.41) is 15.4. The molecule has 2 N–H and O–H groups in total. The number of piperidine rings is 1. The molecule has 2 aromatic heterocycles. The molecule has 0 saturated carbocycles. The minimum Gasteiger partial charge on any atom is -0.489 e. The lowest BCUT2D eigenvalue weighted by Gasteiger charge is -2.24. The van der Waals surface area contributed by atoms with E-state index in [0.29, 0.717) is 28.0 Å². The molecule has 1 atom stereocenters. The summed E-state index contributed by atoms with van der Waals surface area (Å²) < 4.78 is 46.0. The van der Waals surface area contributed by atoms with E-state index in [9.17, 15) is 13.2 Å². The van der Waals surface area contributed by atoms with Crippen molar-refractivity contribution in [2.75, 3.05) is 18.4 Å². The van der Waals surface area contributed by atoms with Gasteiger partial charge in [-0.3, -0.25) is 4.98 Å². The number of alkyl halides is 3. The van der Waals surface area contributed by atoms with Crippen LogP contribution in [0.25, 0.3) is 10.9 Å². The Morgan fingerprint density at radius 3 is 2.71 bits per heavy atom. The van der Waals surface area contributed by atoms with Crippen molar-refractivity contribution < 1.29 is 17.9 Å². The summed E-state index contributed by atoms with van der Waals surface area (Å²) >= 11 is 0. The Kier molecular flexibility index (Phi) is 5.95. The highest BCUT2D eigenvalue weighted by atomic mass is 19.4. The smallest absolute Gasteiger partial charge is 0.416 e. The van der Waals surface area contributed by atoms with Crippen LogP contribution in [0.5, 0.6) is 5.75 Å². The third kappa shape index (κ3) is 4.71. The Balaban J connectivity index is 1.61. The minimum absolute atomic E-state index is 0.124. The maximum Gasteiger partial charge on any atom is 0.416 e. The molecule has 0 bridgehead atoms. The highest BCUT2D eigenvalue weighted by Crippen LogP contribution is 2.35. The fraction of sp³-hybridized carbons (Fsp3) is 0.409. The molecule has 1 aromatic carbocycles. The molecule has 0 radical (unpaired) electrons. The van der Waals surface area contributed by atoms with Crippen LogP contribution in [0, 0.1) is 6.92 Å². The zero-order valence-corrected chi connectivity index (χ0v) is 17.3. The number of anilines is 1. The number of ether oxygens (including phenoxy) is 1. The number of hydrogen-bond donors (Lipinski definition) is 2. The number of halogens is 3. The van der Waals surface area contributed by atoms with Crippen molar-refractivity contribution >= 4 is 16.7 Å². The first kappa shape index (κ1) is 21.3. The summed E-state index contributed by atoms with van der Waals surface area (Å²) in [5.41, 5.74) is 0.727. The van der Waals surface area contributed by atoms with Crippen LogP contribution in [0.4, 0.5) is 19.0 Å². The first-order valence-electron chi connectivity index (χ1n) is 10.2. The SMILES string of the molecule is Cc1c([C@@H](C)Nc2nncc3ncc(OC4CCNCC4)cc23)cccc1C(F)(F)F. The van der Waals surface area contributed by atoms with Gasteiger partial charge in [0.15, 0.2) is 5.82 Å². The largest absolute Gasteiger partial charge is 0.489 e. The predicted octanol–water partition coefficient (Wildman–Crippen LogP) is 4.66. The molecule has 0 spiro atoms. The fourth-order valence-corrected chi connectivity index (χ4v) is 3.93. The van der Waals surface area contributed by atoms with Crippen molar-refractivity contribution in [1.29, 1.82) is 0 Å². The second-order valence-electron chi connectivity index (χ2n) is 7.75. The van der Waals surface area contributed by atoms with Gasteiger partial charge >= 0.3 is 6.18 Å². The average Bonchev–Trinajstić information content (AvgIpc) is 2.74. The van der Waals surface area contributed by atoms with Crippen LogP contribution < -0.4 is 15.4 Å². The van der Waals surface area contributed by atoms with Gasteiger partial charge < -0.3 is 15.4 Å². The monoisotopic (exact) mass is 431 g/mol. The highest BCUT2D eigenvalue weighted by molar-refractivity contribution is 5.89. The molecule has 1 saturated heterocycles. The average molecular weight is 431 g/mol. The third-order valence-corrected chi connectivity index (χ3v) is 5.58. The van der Waals surface area contributed by atoms with E-state index in [1.807, 2.05) is 6.07 Å². The number of nitrogens with one attached hydrogen (secondary N) is 2. The zero-order chi connectivity index (χ0) is 22.0.